The maximum atomic E-state index is 6.43. The van der Waals surface area contributed by atoms with E-state index in [2.05, 4.69) is 90.1 Å². The van der Waals surface area contributed by atoms with Gasteiger partial charge in [0.05, 0.1) is 0 Å². The van der Waals surface area contributed by atoms with Crippen LogP contribution in [0.5, 0.6) is 11.5 Å². The molecule has 188 valence electrons. The zero-order chi connectivity index (χ0) is 25.5. The Kier molecular flexibility index (Phi) is 9.54. The molecule has 35 heavy (non-hydrogen) atoms. The summed E-state index contributed by atoms with van der Waals surface area (Å²) in [5, 5.41) is 0. The van der Waals surface area contributed by atoms with Crippen LogP contribution in [0.4, 0.5) is 0 Å². The molecule has 0 heterocycles. The topological polar surface area (TPSA) is 18.5 Å². The van der Waals surface area contributed by atoms with Crippen LogP contribution in [0.25, 0.3) is 0 Å². The molecule has 0 saturated carbocycles. The number of aryl methyl sites for hydroxylation is 1. The van der Waals surface area contributed by atoms with Crippen LogP contribution in [0, 0.1) is 0 Å². The molecule has 3 rings (SSSR count). The van der Waals surface area contributed by atoms with E-state index in [9.17, 15) is 0 Å². The number of rotatable bonds is 12. The standard InChI is InChI=1S/C30H39O2PS2/c1-7-29(3,4)25-14-18-27(19-15-25)31-33(34,35-23-22-24-12-10-9-11-13-24)32-28-20-16-26(17-21-28)30(5,6)8-2/h9-21H,7-8,22-23H2,1-6H3. The van der Waals surface area contributed by atoms with Gasteiger partial charge in [0.15, 0.2) is 0 Å². The lowest BCUT2D eigenvalue weighted by atomic mass is 9.82. The molecule has 0 radical (unpaired) electrons. The Hall–Kier alpha value is -1.74. The lowest BCUT2D eigenvalue weighted by molar-refractivity contribution is 0.494. The average molecular weight is 527 g/mol. The first-order valence-electron chi connectivity index (χ1n) is 12.5. The number of hydrogen-bond donors (Lipinski definition) is 0. The molecule has 0 N–H and O–H groups in total. The van der Waals surface area contributed by atoms with Crippen LogP contribution in [-0.2, 0) is 29.1 Å². The predicted octanol–water partition coefficient (Wildman–Crippen LogP) is 9.72. The van der Waals surface area contributed by atoms with Crippen molar-refractivity contribution in [2.45, 2.75) is 71.6 Å². The van der Waals surface area contributed by atoms with E-state index in [1.165, 1.54) is 16.7 Å². The summed E-state index contributed by atoms with van der Waals surface area (Å²) in [6.45, 7) is 13.5. The summed E-state index contributed by atoms with van der Waals surface area (Å²) in [5.74, 6) is 2.36. The molecule has 0 saturated heterocycles. The summed E-state index contributed by atoms with van der Waals surface area (Å²) >= 11 is 7.69. The Labute approximate surface area is 221 Å². The molecular weight excluding hydrogens is 487 g/mol. The first kappa shape index (κ1) is 27.8. The van der Waals surface area contributed by atoms with Crippen LogP contribution < -0.4 is 9.05 Å². The molecule has 0 fully saturated rings. The van der Waals surface area contributed by atoms with Crippen molar-refractivity contribution in [2.75, 3.05) is 5.75 Å². The SMILES string of the molecule is CCC(C)(C)c1ccc(OP(=S)(Oc2ccc(C(C)(C)CC)cc2)SCCc2ccccc2)cc1. The van der Waals surface area contributed by atoms with Gasteiger partial charge < -0.3 is 9.05 Å². The number of hydrogen-bond acceptors (Lipinski definition) is 4. The Bertz CT molecular complexity index is 1040. The third-order valence-corrected chi connectivity index (χ3v) is 11.9. The van der Waals surface area contributed by atoms with Crippen LogP contribution in [0.2, 0.25) is 0 Å². The molecule has 0 aliphatic heterocycles. The van der Waals surface area contributed by atoms with Gasteiger partial charge in [0, 0.05) is 5.75 Å². The van der Waals surface area contributed by atoms with E-state index in [1.807, 2.05) is 30.3 Å². The van der Waals surface area contributed by atoms with Gasteiger partial charge in [-0.1, -0.05) is 96.1 Å². The zero-order valence-electron chi connectivity index (χ0n) is 21.9. The van der Waals surface area contributed by atoms with Crippen LogP contribution in [0.3, 0.4) is 0 Å². The van der Waals surface area contributed by atoms with E-state index in [-0.39, 0.29) is 10.8 Å². The quantitative estimate of drug-likeness (QED) is 0.219. The average Bonchev–Trinajstić information content (AvgIpc) is 2.85. The van der Waals surface area contributed by atoms with Crippen LogP contribution in [-0.4, -0.2) is 5.75 Å². The Balaban J connectivity index is 1.79. The zero-order valence-corrected chi connectivity index (χ0v) is 24.4. The highest BCUT2D eigenvalue weighted by molar-refractivity contribution is 8.68. The monoisotopic (exact) mass is 526 g/mol. The third kappa shape index (κ3) is 7.87. The van der Waals surface area contributed by atoms with E-state index >= 15 is 0 Å². The maximum absolute atomic E-state index is 6.43. The second-order valence-corrected chi connectivity index (χ2v) is 16.5. The fourth-order valence-corrected chi connectivity index (χ4v) is 8.01. The lowest BCUT2D eigenvalue weighted by Gasteiger charge is -2.26. The van der Waals surface area contributed by atoms with Gasteiger partial charge in [-0.25, -0.2) is 0 Å². The van der Waals surface area contributed by atoms with Gasteiger partial charge >= 0.3 is 5.69 Å². The molecule has 0 atom stereocenters. The highest BCUT2D eigenvalue weighted by atomic mass is 32.9. The van der Waals surface area contributed by atoms with Crippen LogP contribution in [0.15, 0.2) is 78.9 Å². The largest absolute Gasteiger partial charge is 0.428 e. The first-order valence-corrected chi connectivity index (χ1v) is 16.7. The molecule has 0 aliphatic rings. The van der Waals surface area contributed by atoms with Gasteiger partial charge in [-0.3, -0.25) is 0 Å². The van der Waals surface area contributed by atoms with Crippen molar-refractivity contribution < 1.29 is 9.05 Å². The second kappa shape index (κ2) is 12.0. The summed E-state index contributed by atoms with van der Waals surface area (Å²) in [5.41, 5.74) is 1.48. The van der Waals surface area contributed by atoms with Gasteiger partial charge in [0.1, 0.15) is 11.5 Å². The second-order valence-electron chi connectivity index (χ2n) is 10.2. The number of benzene rings is 3. The summed E-state index contributed by atoms with van der Waals surface area (Å²) < 4.78 is 12.9. The van der Waals surface area contributed by atoms with Gasteiger partial charge in [0.2, 0.25) is 0 Å². The van der Waals surface area contributed by atoms with E-state index in [4.69, 9.17) is 20.9 Å². The molecule has 0 bridgehead atoms. The predicted molar refractivity (Wildman–Crippen MR) is 158 cm³/mol. The molecule has 3 aromatic rings. The summed E-state index contributed by atoms with van der Waals surface area (Å²) in [6.07, 6.45) is 3.08. The van der Waals surface area contributed by atoms with Crippen molar-refractivity contribution >= 4 is 28.9 Å². The molecule has 0 aromatic heterocycles. The van der Waals surface area contributed by atoms with E-state index in [0.29, 0.717) is 0 Å². The lowest BCUT2D eigenvalue weighted by Crippen LogP contribution is -2.15. The van der Waals surface area contributed by atoms with Crippen molar-refractivity contribution in [3.8, 4) is 11.5 Å². The fraction of sp³-hybridized carbons (Fsp3) is 0.400. The van der Waals surface area contributed by atoms with Crippen LogP contribution in [0.1, 0.15) is 71.1 Å². The molecule has 0 aliphatic carbocycles. The van der Waals surface area contributed by atoms with Crippen molar-refractivity contribution in [3.05, 3.63) is 95.6 Å². The summed E-state index contributed by atoms with van der Waals surface area (Å²) in [7, 11) is 0. The van der Waals surface area contributed by atoms with Gasteiger partial charge in [0.25, 0.3) is 0 Å². The van der Waals surface area contributed by atoms with E-state index < -0.39 is 5.69 Å². The fourth-order valence-electron chi connectivity index (χ4n) is 3.59. The van der Waals surface area contributed by atoms with Crippen molar-refractivity contribution in [1.29, 1.82) is 0 Å². The Morgan fingerprint density at radius 1 is 0.686 bits per heavy atom. The first-order chi connectivity index (χ1) is 16.6. The molecule has 0 unspecified atom stereocenters. The van der Waals surface area contributed by atoms with Crippen molar-refractivity contribution in [3.63, 3.8) is 0 Å². The van der Waals surface area contributed by atoms with E-state index in [1.54, 1.807) is 11.4 Å². The minimum absolute atomic E-state index is 0.133. The minimum Gasteiger partial charge on any atom is -0.428 e. The third-order valence-electron chi connectivity index (χ3n) is 6.96. The highest BCUT2D eigenvalue weighted by Gasteiger charge is 2.25. The highest BCUT2D eigenvalue weighted by Crippen LogP contribution is 2.60. The molecule has 5 heteroatoms. The van der Waals surface area contributed by atoms with E-state index in [0.717, 1.165) is 36.5 Å². The minimum atomic E-state index is -2.68. The van der Waals surface area contributed by atoms with Crippen molar-refractivity contribution in [1.82, 2.24) is 0 Å². The smallest absolute Gasteiger partial charge is 0.348 e. The summed E-state index contributed by atoms with van der Waals surface area (Å²) in [4.78, 5) is 0. The summed E-state index contributed by atoms with van der Waals surface area (Å²) in [6, 6.07) is 27.2. The maximum Gasteiger partial charge on any atom is 0.348 e. The van der Waals surface area contributed by atoms with Crippen molar-refractivity contribution in [2.24, 2.45) is 0 Å². The molecule has 0 spiro atoms. The molecule has 2 nitrogen and oxygen atoms in total. The molecular formula is C30H39O2PS2. The Morgan fingerprint density at radius 3 is 1.51 bits per heavy atom. The van der Waals surface area contributed by atoms with Gasteiger partial charge in [-0.05, 0) is 94.2 Å². The van der Waals surface area contributed by atoms with Gasteiger partial charge in [-0.15, -0.1) is 0 Å². The molecule has 0 amide bonds. The Morgan fingerprint density at radius 2 is 1.11 bits per heavy atom. The normalized spacial score (nSPS) is 12.4. The molecule has 3 aromatic carbocycles. The van der Waals surface area contributed by atoms with Crippen LogP contribution >= 0.6 is 17.1 Å². The van der Waals surface area contributed by atoms with Gasteiger partial charge in [-0.2, -0.15) is 0 Å².